The molecule has 11 nitrogen and oxygen atoms in total. The molecule has 1 N–H and O–H groups in total. The number of amides is 3. The number of ether oxygens (including phenoxy) is 1. The van der Waals surface area contributed by atoms with Crippen molar-refractivity contribution in [1.82, 2.24) is 19.0 Å². The smallest absolute Gasteiger partial charge is 0.409 e. The van der Waals surface area contributed by atoms with E-state index in [9.17, 15) is 22.8 Å². The first-order chi connectivity index (χ1) is 18.0. The SMILES string of the molecule is CCOC(=O)N1CCN(S(=O)(=O)c2ccc(C(=O)Nc3sc4c(c3C(=O)N(C)C)CCN(C)C4)cc2)CC1. The van der Waals surface area contributed by atoms with Crippen LogP contribution in [0.4, 0.5) is 9.80 Å². The van der Waals surface area contributed by atoms with E-state index < -0.39 is 22.0 Å². The van der Waals surface area contributed by atoms with Gasteiger partial charge in [-0.3, -0.25) is 9.59 Å². The maximum Gasteiger partial charge on any atom is 0.409 e. The van der Waals surface area contributed by atoms with Crippen molar-refractivity contribution < 1.29 is 27.5 Å². The van der Waals surface area contributed by atoms with E-state index in [4.69, 9.17) is 4.74 Å². The quantitative estimate of drug-likeness (QED) is 0.572. The standard InChI is InChI=1S/C25H33N5O6S2/c1-5-36-25(33)29-12-14-30(15-13-29)38(34,35)18-8-6-17(7-9-18)22(31)26-23-21(24(32)27(2)3)19-10-11-28(4)16-20(19)37-23/h6-9H,5,10-16H2,1-4H3,(H,26,31). The number of benzene rings is 1. The number of rotatable bonds is 6. The Morgan fingerprint density at radius 3 is 2.32 bits per heavy atom. The van der Waals surface area contributed by atoms with Crippen molar-refractivity contribution in [2.75, 3.05) is 65.8 Å². The second-order valence-electron chi connectivity index (χ2n) is 9.46. The van der Waals surface area contributed by atoms with Gasteiger partial charge in [-0.25, -0.2) is 13.2 Å². The molecule has 0 radical (unpaired) electrons. The van der Waals surface area contributed by atoms with Crippen LogP contribution in [0.2, 0.25) is 0 Å². The highest BCUT2D eigenvalue weighted by Crippen LogP contribution is 2.37. The molecular weight excluding hydrogens is 530 g/mol. The molecule has 2 aliphatic rings. The second-order valence-corrected chi connectivity index (χ2v) is 12.5. The lowest BCUT2D eigenvalue weighted by atomic mass is 10.0. The van der Waals surface area contributed by atoms with Gasteiger partial charge in [-0.05, 0) is 50.2 Å². The zero-order chi connectivity index (χ0) is 27.6. The Morgan fingerprint density at radius 2 is 1.71 bits per heavy atom. The van der Waals surface area contributed by atoms with Gasteiger partial charge in [-0.15, -0.1) is 11.3 Å². The first-order valence-electron chi connectivity index (χ1n) is 12.4. The van der Waals surface area contributed by atoms with Gasteiger partial charge in [0.25, 0.3) is 11.8 Å². The average molecular weight is 564 g/mol. The van der Waals surface area contributed by atoms with Crippen LogP contribution < -0.4 is 5.32 Å². The van der Waals surface area contributed by atoms with Gasteiger partial charge in [-0.2, -0.15) is 4.31 Å². The molecule has 0 bridgehead atoms. The van der Waals surface area contributed by atoms with Crippen molar-refractivity contribution in [2.24, 2.45) is 0 Å². The van der Waals surface area contributed by atoms with Crippen molar-refractivity contribution in [1.29, 1.82) is 0 Å². The van der Waals surface area contributed by atoms with E-state index in [1.54, 1.807) is 21.0 Å². The third kappa shape index (κ3) is 5.70. The van der Waals surface area contributed by atoms with E-state index >= 15 is 0 Å². The van der Waals surface area contributed by atoms with Gasteiger partial charge in [0.05, 0.1) is 17.1 Å². The van der Waals surface area contributed by atoms with E-state index in [0.29, 0.717) is 17.1 Å². The van der Waals surface area contributed by atoms with Crippen LogP contribution in [-0.2, 0) is 27.7 Å². The van der Waals surface area contributed by atoms with Gasteiger partial charge >= 0.3 is 6.09 Å². The number of nitrogens with zero attached hydrogens (tertiary/aromatic N) is 4. The molecule has 1 saturated heterocycles. The Morgan fingerprint density at radius 1 is 1.05 bits per heavy atom. The number of hydrogen-bond acceptors (Lipinski definition) is 8. The van der Waals surface area contributed by atoms with Crippen molar-refractivity contribution in [3.05, 3.63) is 45.8 Å². The lowest BCUT2D eigenvalue weighted by molar-refractivity contribution is 0.0827. The normalized spacial score (nSPS) is 16.6. The van der Waals surface area contributed by atoms with Crippen LogP contribution in [0.3, 0.4) is 0 Å². The molecule has 0 aliphatic carbocycles. The summed E-state index contributed by atoms with van der Waals surface area (Å²) in [6, 6.07) is 5.74. The summed E-state index contributed by atoms with van der Waals surface area (Å²) in [5.74, 6) is -0.580. The monoisotopic (exact) mass is 563 g/mol. The Labute approximate surface area is 227 Å². The molecule has 38 heavy (non-hydrogen) atoms. The summed E-state index contributed by atoms with van der Waals surface area (Å²) in [5, 5.41) is 3.39. The molecule has 4 rings (SSSR count). The lowest BCUT2D eigenvalue weighted by Gasteiger charge is -2.33. The van der Waals surface area contributed by atoms with Gasteiger partial charge in [0, 0.05) is 63.8 Å². The number of likely N-dealkylation sites (N-methyl/N-ethyl adjacent to an activating group) is 1. The van der Waals surface area contributed by atoms with Crippen LogP contribution in [-0.4, -0.2) is 106 Å². The molecule has 13 heteroatoms. The third-order valence-corrected chi connectivity index (χ3v) is 9.66. The predicted molar refractivity (Wildman–Crippen MR) is 144 cm³/mol. The maximum absolute atomic E-state index is 13.1. The fourth-order valence-electron chi connectivity index (χ4n) is 4.50. The average Bonchev–Trinajstić information content (AvgIpc) is 3.24. The van der Waals surface area contributed by atoms with Crippen molar-refractivity contribution in [2.45, 2.75) is 24.8 Å². The largest absolute Gasteiger partial charge is 0.450 e. The van der Waals surface area contributed by atoms with E-state index in [-0.39, 0.29) is 49.2 Å². The van der Waals surface area contributed by atoms with Crippen LogP contribution in [0.1, 0.15) is 38.1 Å². The molecular formula is C25H33N5O6S2. The highest BCUT2D eigenvalue weighted by molar-refractivity contribution is 7.89. The summed E-state index contributed by atoms with van der Waals surface area (Å²) in [6.07, 6.45) is 0.280. The van der Waals surface area contributed by atoms with Crippen LogP contribution in [0.15, 0.2) is 29.2 Å². The van der Waals surface area contributed by atoms with E-state index in [1.165, 1.54) is 49.7 Å². The van der Waals surface area contributed by atoms with Gasteiger partial charge in [0.2, 0.25) is 10.0 Å². The van der Waals surface area contributed by atoms with Gasteiger partial charge in [-0.1, -0.05) is 0 Å². The molecule has 0 spiro atoms. The summed E-state index contributed by atoms with van der Waals surface area (Å²) < 4.78 is 32.6. The predicted octanol–water partition coefficient (Wildman–Crippen LogP) is 2.15. The van der Waals surface area contributed by atoms with E-state index in [2.05, 4.69) is 10.2 Å². The Kier molecular flexibility index (Phi) is 8.40. The number of hydrogen-bond donors (Lipinski definition) is 1. The minimum atomic E-state index is -3.79. The van der Waals surface area contributed by atoms with E-state index in [1.807, 2.05) is 7.05 Å². The zero-order valence-corrected chi connectivity index (χ0v) is 23.7. The third-order valence-electron chi connectivity index (χ3n) is 6.61. The van der Waals surface area contributed by atoms with Crippen LogP contribution in [0, 0.1) is 0 Å². The van der Waals surface area contributed by atoms with Gasteiger partial charge in [0.15, 0.2) is 0 Å². The number of nitrogens with one attached hydrogen (secondary N) is 1. The summed E-state index contributed by atoms with van der Waals surface area (Å²) in [6.45, 7) is 4.33. The number of anilines is 1. The number of piperazine rings is 1. The molecule has 0 unspecified atom stereocenters. The summed E-state index contributed by atoms with van der Waals surface area (Å²) in [7, 11) is 1.60. The van der Waals surface area contributed by atoms with Gasteiger partial charge < -0.3 is 24.8 Å². The zero-order valence-electron chi connectivity index (χ0n) is 22.0. The highest BCUT2D eigenvalue weighted by Gasteiger charge is 2.31. The summed E-state index contributed by atoms with van der Waals surface area (Å²) >= 11 is 1.41. The topological polar surface area (TPSA) is 120 Å². The van der Waals surface area contributed by atoms with Crippen LogP contribution >= 0.6 is 11.3 Å². The van der Waals surface area contributed by atoms with E-state index in [0.717, 1.165) is 23.4 Å². The van der Waals surface area contributed by atoms with Crippen LogP contribution in [0.25, 0.3) is 0 Å². The first-order valence-corrected chi connectivity index (χ1v) is 14.7. The van der Waals surface area contributed by atoms with Crippen LogP contribution in [0.5, 0.6) is 0 Å². The molecule has 3 amide bonds. The number of fused-ring (bicyclic) bond motifs is 1. The number of thiophene rings is 1. The Hall–Kier alpha value is -3.00. The van der Waals surface area contributed by atoms with Crippen molar-refractivity contribution in [3.8, 4) is 0 Å². The summed E-state index contributed by atoms with van der Waals surface area (Å²) in [4.78, 5) is 44.2. The minimum Gasteiger partial charge on any atom is -0.450 e. The van der Waals surface area contributed by atoms with Crippen molar-refractivity contribution in [3.63, 3.8) is 0 Å². The molecule has 2 aliphatic heterocycles. The van der Waals surface area contributed by atoms with Crippen molar-refractivity contribution >= 4 is 44.3 Å². The number of carbonyl (C=O) groups is 3. The van der Waals surface area contributed by atoms with Gasteiger partial charge in [0.1, 0.15) is 5.00 Å². The molecule has 1 aromatic heterocycles. The molecule has 1 fully saturated rings. The second kappa shape index (κ2) is 11.4. The molecule has 3 heterocycles. The summed E-state index contributed by atoms with van der Waals surface area (Å²) in [5.41, 5.74) is 1.78. The first kappa shape index (κ1) is 28.0. The Bertz CT molecular complexity index is 1310. The molecule has 206 valence electrons. The number of carbonyl (C=O) groups excluding carboxylic acids is 3. The molecule has 2 aromatic rings. The highest BCUT2D eigenvalue weighted by atomic mass is 32.2. The molecule has 0 atom stereocenters. The Balaban J connectivity index is 1.48. The minimum absolute atomic E-state index is 0.0664. The fourth-order valence-corrected chi connectivity index (χ4v) is 7.23. The molecule has 0 saturated carbocycles. The lowest BCUT2D eigenvalue weighted by Crippen LogP contribution is -2.50. The number of sulfonamides is 1. The molecule has 1 aromatic carbocycles. The fraction of sp³-hybridized carbons (Fsp3) is 0.480. The maximum atomic E-state index is 13.1.